The van der Waals surface area contributed by atoms with E-state index in [0.29, 0.717) is 35.1 Å². The second-order valence-corrected chi connectivity index (χ2v) is 7.47. The van der Waals surface area contributed by atoms with Crippen LogP contribution in [0.2, 0.25) is 0 Å². The van der Waals surface area contributed by atoms with E-state index in [4.69, 9.17) is 15.6 Å². The van der Waals surface area contributed by atoms with Crippen molar-refractivity contribution in [1.82, 2.24) is 19.7 Å². The molecular weight excluding hydrogens is 410 g/mol. The van der Waals surface area contributed by atoms with Crippen LogP contribution in [0.5, 0.6) is 5.75 Å². The van der Waals surface area contributed by atoms with Crippen molar-refractivity contribution in [3.05, 3.63) is 66.1 Å². The van der Waals surface area contributed by atoms with Gasteiger partial charge in [-0.15, -0.1) is 0 Å². The fraction of sp³-hybridized carbons (Fsp3) is 0.261. The normalized spacial score (nSPS) is 13.3. The average molecular weight is 435 g/mol. The van der Waals surface area contributed by atoms with Gasteiger partial charge in [0.2, 0.25) is 0 Å². The van der Waals surface area contributed by atoms with Gasteiger partial charge in [-0.1, -0.05) is 12.1 Å². The number of aliphatic hydroxyl groups excluding tert-OH is 2. The van der Waals surface area contributed by atoms with Crippen LogP contribution in [-0.4, -0.2) is 48.8 Å². The highest BCUT2D eigenvalue weighted by molar-refractivity contribution is 5.90. The summed E-state index contributed by atoms with van der Waals surface area (Å²) >= 11 is 0. The summed E-state index contributed by atoms with van der Waals surface area (Å²) in [7, 11) is 1.58. The molecular formula is C23H25N5O4. The van der Waals surface area contributed by atoms with Gasteiger partial charge < -0.3 is 20.1 Å². The van der Waals surface area contributed by atoms with E-state index in [2.05, 4.69) is 15.1 Å². The summed E-state index contributed by atoms with van der Waals surface area (Å²) in [5.74, 6) is 1.17. The van der Waals surface area contributed by atoms with Crippen molar-refractivity contribution >= 4 is 10.9 Å². The molecule has 3 aromatic heterocycles. The molecule has 0 aliphatic rings. The first-order valence-electron chi connectivity index (χ1n) is 10.2. The number of nitrogens with two attached hydrogens (primary N) is 1. The molecule has 0 unspecified atom stereocenters. The maximum absolute atomic E-state index is 10.6. The van der Waals surface area contributed by atoms with Crippen LogP contribution in [0.3, 0.4) is 0 Å². The molecule has 0 bridgehead atoms. The Morgan fingerprint density at radius 3 is 2.66 bits per heavy atom. The number of fused-ring (bicyclic) bond motifs is 1. The van der Waals surface area contributed by atoms with Gasteiger partial charge >= 0.3 is 0 Å². The summed E-state index contributed by atoms with van der Waals surface area (Å²) in [6.45, 7) is -0.237. The van der Waals surface area contributed by atoms with Crippen molar-refractivity contribution in [3.8, 4) is 22.8 Å². The number of ether oxygens (including phenoxy) is 1. The Labute approximate surface area is 184 Å². The van der Waals surface area contributed by atoms with E-state index in [1.165, 1.54) is 0 Å². The van der Waals surface area contributed by atoms with Crippen molar-refractivity contribution in [2.45, 2.75) is 25.2 Å². The van der Waals surface area contributed by atoms with Gasteiger partial charge in [0.25, 0.3) is 0 Å². The van der Waals surface area contributed by atoms with Gasteiger partial charge in [-0.2, -0.15) is 5.10 Å². The third kappa shape index (κ3) is 4.19. The van der Waals surface area contributed by atoms with Gasteiger partial charge in [-0.05, 0) is 49.2 Å². The van der Waals surface area contributed by atoms with Crippen molar-refractivity contribution in [3.63, 3.8) is 0 Å². The third-order valence-corrected chi connectivity index (χ3v) is 5.25. The third-order valence-electron chi connectivity index (χ3n) is 5.25. The highest BCUT2D eigenvalue weighted by Crippen LogP contribution is 2.33. The number of rotatable bonds is 8. The van der Waals surface area contributed by atoms with Crippen molar-refractivity contribution < 1.29 is 20.1 Å². The number of nitrogens with zero attached hydrogens (tertiary/aromatic N) is 4. The van der Waals surface area contributed by atoms with E-state index in [1.807, 2.05) is 24.3 Å². The van der Waals surface area contributed by atoms with E-state index < -0.39 is 5.72 Å². The van der Waals surface area contributed by atoms with Crippen LogP contribution in [0.4, 0.5) is 0 Å². The maximum Gasteiger partial charge on any atom is 0.156 e. The molecule has 0 aliphatic heterocycles. The van der Waals surface area contributed by atoms with Gasteiger partial charge in [-0.3, -0.25) is 5.73 Å². The molecule has 0 amide bonds. The minimum absolute atomic E-state index is 0.0669. The fourth-order valence-electron chi connectivity index (χ4n) is 3.58. The van der Waals surface area contributed by atoms with Crippen LogP contribution >= 0.6 is 0 Å². The van der Waals surface area contributed by atoms with Crippen LogP contribution in [0.15, 0.2) is 54.7 Å². The van der Waals surface area contributed by atoms with Gasteiger partial charge in [0, 0.05) is 12.2 Å². The quantitative estimate of drug-likeness (QED) is 0.308. The Kier molecular flexibility index (Phi) is 6.15. The molecule has 3 heterocycles. The number of aliphatic hydroxyl groups is 3. The van der Waals surface area contributed by atoms with Crippen LogP contribution in [0.25, 0.3) is 28.0 Å². The smallest absolute Gasteiger partial charge is 0.156 e. The van der Waals surface area contributed by atoms with Crippen LogP contribution in [0.1, 0.15) is 24.2 Å². The second-order valence-electron chi connectivity index (χ2n) is 7.47. The molecule has 166 valence electrons. The predicted molar refractivity (Wildman–Crippen MR) is 119 cm³/mol. The molecule has 0 aliphatic carbocycles. The first kappa shape index (κ1) is 21.8. The number of benzene rings is 1. The zero-order valence-electron chi connectivity index (χ0n) is 17.6. The molecule has 4 aromatic rings. The zero-order valence-corrected chi connectivity index (χ0v) is 17.6. The zero-order chi connectivity index (χ0) is 22.7. The Morgan fingerprint density at radius 1 is 1.09 bits per heavy atom. The molecule has 4 rings (SSSR count). The van der Waals surface area contributed by atoms with Crippen molar-refractivity contribution in [2.24, 2.45) is 5.73 Å². The lowest BCUT2D eigenvalue weighted by atomic mass is 10.0. The van der Waals surface area contributed by atoms with Crippen molar-refractivity contribution in [1.29, 1.82) is 0 Å². The molecule has 32 heavy (non-hydrogen) atoms. The predicted octanol–water partition coefficient (Wildman–Crippen LogP) is 1.86. The Morgan fingerprint density at radius 2 is 1.91 bits per heavy atom. The monoisotopic (exact) mass is 435 g/mol. The molecule has 9 heteroatoms. The van der Waals surface area contributed by atoms with Crippen LogP contribution < -0.4 is 10.5 Å². The molecule has 5 N–H and O–H groups in total. The molecule has 1 atom stereocenters. The van der Waals surface area contributed by atoms with Crippen molar-refractivity contribution in [2.75, 3.05) is 13.7 Å². The van der Waals surface area contributed by atoms with Gasteiger partial charge in [0.15, 0.2) is 11.5 Å². The first-order chi connectivity index (χ1) is 15.5. The van der Waals surface area contributed by atoms with E-state index in [9.17, 15) is 10.2 Å². The highest BCUT2D eigenvalue weighted by atomic mass is 16.5. The van der Waals surface area contributed by atoms with E-state index in [0.717, 1.165) is 16.5 Å². The van der Waals surface area contributed by atoms with Gasteiger partial charge in [0.05, 0.1) is 47.9 Å². The van der Waals surface area contributed by atoms with Gasteiger partial charge in [-0.25, -0.2) is 14.6 Å². The molecule has 0 fully saturated rings. The second kappa shape index (κ2) is 9.01. The lowest BCUT2D eigenvalue weighted by molar-refractivity contribution is 0.0233. The highest BCUT2D eigenvalue weighted by Gasteiger charge is 2.25. The molecule has 9 nitrogen and oxygen atoms in total. The molecule has 0 saturated carbocycles. The first-order valence-corrected chi connectivity index (χ1v) is 10.2. The summed E-state index contributed by atoms with van der Waals surface area (Å²) in [6, 6.07) is 14.4. The number of pyridine rings is 2. The molecule has 1 aromatic carbocycles. The lowest BCUT2D eigenvalue weighted by Crippen LogP contribution is -2.37. The SMILES string of the molecule is COc1cc(-c2cccc([C@@](N)(O)CCCO)n2)cc2c1cnn2-c1cccc(CO)n1. The Balaban J connectivity index is 1.83. The minimum atomic E-state index is -1.65. The Hall–Kier alpha value is -3.37. The average Bonchev–Trinajstić information content (AvgIpc) is 3.26. The van der Waals surface area contributed by atoms with E-state index in [-0.39, 0.29) is 19.6 Å². The summed E-state index contributed by atoms with van der Waals surface area (Å²) < 4.78 is 7.26. The fourth-order valence-corrected chi connectivity index (χ4v) is 3.58. The summed E-state index contributed by atoms with van der Waals surface area (Å²) in [6.07, 6.45) is 2.24. The number of methoxy groups -OCH3 is 1. The largest absolute Gasteiger partial charge is 0.496 e. The van der Waals surface area contributed by atoms with Crippen LogP contribution in [-0.2, 0) is 12.3 Å². The van der Waals surface area contributed by atoms with E-state index >= 15 is 0 Å². The molecule has 0 radical (unpaired) electrons. The molecule has 0 spiro atoms. The molecule has 0 saturated heterocycles. The summed E-state index contributed by atoms with van der Waals surface area (Å²) in [4.78, 5) is 9.01. The van der Waals surface area contributed by atoms with Gasteiger partial charge in [0.1, 0.15) is 5.75 Å². The Bertz CT molecular complexity index is 1240. The maximum atomic E-state index is 10.6. The summed E-state index contributed by atoms with van der Waals surface area (Å²) in [5.41, 5.74) is 7.33. The standard InChI is InChI=1S/C23H25N5O4/c1-32-20-12-15(18-6-3-7-21(27-18)23(24,31)9-4-10-29)11-19-17(20)13-25-28(19)22-8-2-5-16(14-30)26-22/h2-3,5-8,11-13,29-31H,4,9-10,14,24H2,1H3/t23-/m0/s1. The summed E-state index contributed by atoms with van der Waals surface area (Å²) in [5, 5.41) is 34.4. The number of aromatic nitrogens is 4. The van der Waals surface area contributed by atoms with E-state index in [1.54, 1.807) is 42.3 Å². The number of hydrogen-bond donors (Lipinski definition) is 4. The minimum Gasteiger partial charge on any atom is -0.496 e. The topological polar surface area (TPSA) is 140 Å². The lowest BCUT2D eigenvalue weighted by Gasteiger charge is -2.22. The number of hydrogen-bond acceptors (Lipinski definition) is 8. The van der Waals surface area contributed by atoms with Crippen LogP contribution in [0, 0.1) is 0 Å².